The highest BCUT2D eigenvalue weighted by molar-refractivity contribution is 5.86. The second-order valence-electron chi connectivity index (χ2n) is 8.54. The number of piperidine rings is 1. The molecule has 1 atom stereocenters. The minimum Gasteiger partial charge on any atom is -0.453 e. The van der Waals surface area contributed by atoms with Crippen LogP contribution in [0.15, 0.2) is 18.3 Å². The first kappa shape index (κ1) is 19.9. The number of hydrogen-bond donors (Lipinski definition) is 2. The zero-order valence-corrected chi connectivity index (χ0v) is 17.0. The molecule has 1 aliphatic carbocycles. The van der Waals surface area contributed by atoms with Crippen molar-refractivity contribution >= 4 is 23.5 Å². The van der Waals surface area contributed by atoms with Gasteiger partial charge in [0.15, 0.2) is 0 Å². The molecule has 3 fully saturated rings. The van der Waals surface area contributed by atoms with E-state index in [1.165, 1.54) is 7.11 Å². The second kappa shape index (κ2) is 8.18. The monoisotopic (exact) mass is 402 g/mol. The average Bonchev–Trinajstić information content (AvgIpc) is 3.04. The van der Waals surface area contributed by atoms with Gasteiger partial charge in [0.2, 0.25) is 5.91 Å². The number of carbonyl (C=O) groups excluding carboxylic acids is 2. The number of amides is 2. The first-order valence-corrected chi connectivity index (χ1v) is 10.6. The van der Waals surface area contributed by atoms with E-state index in [-0.39, 0.29) is 23.5 Å². The maximum absolute atomic E-state index is 13.4. The van der Waals surface area contributed by atoms with Crippen LogP contribution >= 0.6 is 0 Å². The van der Waals surface area contributed by atoms with Crippen LogP contribution in [0.25, 0.3) is 0 Å². The van der Waals surface area contributed by atoms with Gasteiger partial charge in [0.05, 0.1) is 30.5 Å². The molecule has 1 aromatic heterocycles. The topological polar surface area (TPSA) is 95.0 Å². The molecular formula is C21H30N4O4. The van der Waals surface area contributed by atoms with Crippen LogP contribution in [0.1, 0.15) is 44.9 Å². The SMILES string of the molecule is COC(=O)Nc1ccc(N2CCC[C@]3(CCN(C4CCC(O)CC4)C3=O)C2)nc1. The summed E-state index contributed by atoms with van der Waals surface area (Å²) in [7, 11) is 1.32. The van der Waals surface area contributed by atoms with E-state index in [4.69, 9.17) is 0 Å². The maximum atomic E-state index is 13.4. The summed E-state index contributed by atoms with van der Waals surface area (Å²) in [5.41, 5.74) is 0.258. The lowest BCUT2D eigenvalue weighted by Crippen LogP contribution is -2.50. The van der Waals surface area contributed by atoms with Crippen molar-refractivity contribution in [3.8, 4) is 0 Å². The van der Waals surface area contributed by atoms with Crippen molar-refractivity contribution in [2.75, 3.05) is 37.0 Å². The fourth-order valence-corrected chi connectivity index (χ4v) is 5.09. The Morgan fingerprint density at radius 1 is 1.24 bits per heavy atom. The van der Waals surface area contributed by atoms with Crippen LogP contribution in [-0.2, 0) is 9.53 Å². The van der Waals surface area contributed by atoms with Gasteiger partial charge in [-0.3, -0.25) is 10.1 Å². The van der Waals surface area contributed by atoms with Crippen molar-refractivity contribution in [2.45, 2.75) is 57.1 Å². The number of carbonyl (C=O) groups is 2. The Kier molecular flexibility index (Phi) is 5.63. The molecule has 29 heavy (non-hydrogen) atoms. The summed E-state index contributed by atoms with van der Waals surface area (Å²) in [6.45, 7) is 2.39. The molecule has 0 unspecified atom stereocenters. The number of aliphatic hydroxyl groups is 1. The van der Waals surface area contributed by atoms with E-state index >= 15 is 0 Å². The van der Waals surface area contributed by atoms with Gasteiger partial charge >= 0.3 is 6.09 Å². The Balaban J connectivity index is 1.43. The Morgan fingerprint density at radius 3 is 2.72 bits per heavy atom. The largest absolute Gasteiger partial charge is 0.453 e. The molecule has 2 amide bonds. The molecule has 1 spiro atoms. The van der Waals surface area contributed by atoms with Crippen LogP contribution in [-0.4, -0.2) is 65.9 Å². The molecule has 2 N–H and O–H groups in total. The standard InChI is InChI=1S/C21H30N4O4/c1-29-20(28)23-15-3-8-18(22-13-15)24-11-2-9-21(14-24)10-12-25(19(21)27)16-4-6-17(26)7-5-16/h3,8,13,16-17,26H,2,4-7,9-12,14H2,1H3,(H,23,28)/t16?,17?,21-/m0/s1. The number of pyridine rings is 1. The Bertz CT molecular complexity index is 748. The molecule has 8 nitrogen and oxygen atoms in total. The summed E-state index contributed by atoms with van der Waals surface area (Å²) < 4.78 is 4.60. The van der Waals surface area contributed by atoms with Crippen LogP contribution in [0.3, 0.4) is 0 Å². The van der Waals surface area contributed by atoms with Gasteiger partial charge < -0.3 is 19.6 Å². The van der Waals surface area contributed by atoms with Crippen molar-refractivity contribution in [1.29, 1.82) is 0 Å². The van der Waals surface area contributed by atoms with Crippen LogP contribution in [0, 0.1) is 5.41 Å². The molecular weight excluding hydrogens is 372 g/mol. The van der Waals surface area contributed by atoms with Crippen molar-refractivity contribution in [2.24, 2.45) is 5.41 Å². The van der Waals surface area contributed by atoms with Crippen LogP contribution in [0.2, 0.25) is 0 Å². The van der Waals surface area contributed by atoms with Gasteiger partial charge in [0, 0.05) is 25.7 Å². The third-order valence-electron chi connectivity index (χ3n) is 6.73. The Morgan fingerprint density at radius 2 is 2.03 bits per heavy atom. The Labute approximate surface area is 171 Å². The molecule has 158 valence electrons. The fourth-order valence-electron chi connectivity index (χ4n) is 5.09. The lowest BCUT2D eigenvalue weighted by atomic mass is 9.78. The van der Waals surface area contributed by atoms with Crippen molar-refractivity contribution in [3.05, 3.63) is 18.3 Å². The lowest BCUT2D eigenvalue weighted by Gasteiger charge is -2.41. The highest BCUT2D eigenvalue weighted by Crippen LogP contribution is 2.43. The van der Waals surface area contributed by atoms with Gasteiger partial charge in [-0.2, -0.15) is 0 Å². The molecule has 4 rings (SSSR count). The number of aliphatic hydroxyl groups excluding tert-OH is 1. The quantitative estimate of drug-likeness (QED) is 0.806. The highest BCUT2D eigenvalue weighted by atomic mass is 16.5. The second-order valence-corrected chi connectivity index (χ2v) is 8.54. The van der Waals surface area contributed by atoms with Gasteiger partial charge in [-0.15, -0.1) is 0 Å². The maximum Gasteiger partial charge on any atom is 0.411 e. The van der Waals surface area contributed by atoms with Crippen molar-refractivity contribution < 1.29 is 19.4 Å². The van der Waals surface area contributed by atoms with Crippen molar-refractivity contribution in [3.63, 3.8) is 0 Å². The van der Waals surface area contributed by atoms with E-state index in [0.717, 1.165) is 63.9 Å². The van der Waals surface area contributed by atoms with E-state index in [2.05, 4.69) is 24.8 Å². The van der Waals surface area contributed by atoms with E-state index in [9.17, 15) is 14.7 Å². The molecule has 3 aliphatic rings. The third-order valence-corrected chi connectivity index (χ3v) is 6.73. The average molecular weight is 402 g/mol. The summed E-state index contributed by atoms with van der Waals surface area (Å²) in [4.78, 5) is 33.5. The summed E-state index contributed by atoms with van der Waals surface area (Å²) in [6.07, 6.45) is 7.07. The van der Waals surface area contributed by atoms with Gasteiger partial charge in [-0.05, 0) is 57.1 Å². The summed E-state index contributed by atoms with van der Waals surface area (Å²) >= 11 is 0. The predicted molar refractivity (Wildman–Crippen MR) is 109 cm³/mol. The summed E-state index contributed by atoms with van der Waals surface area (Å²) in [6, 6.07) is 3.96. The molecule has 0 aromatic carbocycles. The number of nitrogens with zero attached hydrogens (tertiary/aromatic N) is 3. The molecule has 0 radical (unpaired) electrons. The van der Waals surface area contributed by atoms with E-state index in [1.807, 2.05) is 6.07 Å². The van der Waals surface area contributed by atoms with Crippen molar-refractivity contribution in [1.82, 2.24) is 9.88 Å². The van der Waals surface area contributed by atoms with Crippen LogP contribution in [0.4, 0.5) is 16.3 Å². The normalized spacial score (nSPS) is 29.9. The van der Waals surface area contributed by atoms with E-state index in [1.54, 1.807) is 12.3 Å². The summed E-state index contributed by atoms with van der Waals surface area (Å²) in [5, 5.41) is 12.4. The first-order valence-electron chi connectivity index (χ1n) is 10.6. The third kappa shape index (κ3) is 4.03. The van der Waals surface area contributed by atoms with Gasteiger partial charge in [0.25, 0.3) is 0 Å². The lowest BCUT2D eigenvalue weighted by molar-refractivity contribution is -0.139. The number of methoxy groups -OCH3 is 1. The minimum absolute atomic E-state index is 0.203. The van der Waals surface area contributed by atoms with E-state index in [0.29, 0.717) is 12.2 Å². The van der Waals surface area contributed by atoms with Gasteiger partial charge in [0.1, 0.15) is 5.82 Å². The van der Waals surface area contributed by atoms with Gasteiger partial charge in [-0.25, -0.2) is 9.78 Å². The Hall–Kier alpha value is -2.35. The highest BCUT2D eigenvalue weighted by Gasteiger charge is 2.50. The zero-order chi connectivity index (χ0) is 20.4. The molecule has 1 aromatic rings. The number of ether oxygens (including phenoxy) is 1. The number of nitrogens with one attached hydrogen (secondary N) is 1. The van der Waals surface area contributed by atoms with E-state index < -0.39 is 6.09 Å². The van der Waals surface area contributed by atoms with Gasteiger partial charge in [-0.1, -0.05) is 0 Å². The molecule has 2 aliphatic heterocycles. The molecule has 1 saturated carbocycles. The fraction of sp³-hybridized carbons (Fsp3) is 0.667. The zero-order valence-electron chi connectivity index (χ0n) is 17.0. The number of hydrogen-bond acceptors (Lipinski definition) is 6. The van der Waals surface area contributed by atoms with Crippen LogP contribution < -0.4 is 10.2 Å². The molecule has 2 saturated heterocycles. The number of likely N-dealkylation sites (tertiary alicyclic amines) is 1. The first-order chi connectivity index (χ1) is 14.0. The number of rotatable bonds is 3. The predicted octanol–water partition coefficient (Wildman–Crippen LogP) is 2.38. The number of aromatic nitrogens is 1. The molecule has 0 bridgehead atoms. The van der Waals surface area contributed by atoms with Crippen LogP contribution in [0.5, 0.6) is 0 Å². The smallest absolute Gasteiger partial charge is 0.411 e. The molecule has 8 heteroatoms. The summed E-state index contributed by atoms with van der Waals surface area (Å²) in [5.74, 6) is 1.11. The number of anilines is 2. The molecule has 3 heterocycles. The minimum atomic E-state index is -0.525.